The Balaban J connectivity index is 2.21. The van der Waals surface area contributed by atoms with Gasteiger partial charge in [0.2, 0.25) is 0 Å². The fourth-order valence-electron chi connectivity index (χ4n) is 3.11. The maximum absolute atomic E-state index is 10.3. The van der Waals surface area contributed by atoms with Crippen molar-refractivity contribution in [1.82, 2.24) is 0 Å². The number of methoxy groups -OCH3 is 1. The Morgan fingerprint density at radius 1 is 1.60 bits per heavy atom. The molecule has 2 fully saturated rings. The van der Waals surface area contributed by atoms with E-state index in [0.717, 1.165) is 19.4 Å². The van der Waals surface area contributed by atoms with Gasteiger partial charge < -0.3 is 17.6 Å². The van der Waals surface area contributed by atoms with Crippen molar-refractivity contribution in [2.45, 2.75) is 31.2 Å². The Morgan fingerprint density at radius 2 is 2.33 bits per heavy atom. The van der Waals surface area contributed by atoms with Crippen LogP contribution >= 0.6 is 23.0 Å². The highest BCUT2D eigenvalue weighted by Gasteiger charge is 2.71. The molecule has 1 saturated heterocycles. The van der Waals surface area contributed by atoms with E-state index in [4.69, 9.17) is 12.5 Å². The third kappa shape index (κ3) is 1.47. The Hall–Kier alpha value is 0.570. The normalized spacial score (nSPS) is 49.6. The van der Waals surface area contributed by atoms with Crippen molar-refractivity contribution in [3.8, 4) is 0 Å². The van der Waals surface area contributed by atoms with Crippen LogP contribution in [0.15, 0.2) is 0 Å². The first-order valence-corrected chi connectivity index (χ1v) is 6.15. The minimum atomic E-state index is -1.03. The van der Waals surface area contributed by atoms with Gasteiger partial charge in [-0.25, -0.2) is 0 Å². The summed E-state index contributed by atoms with van der Waals surface area (Å²) in [4.78, 5) is 0. The van der Waals surface area contributed by atoms with Crippen LogP contribution in [-0.2, 0) is 12.5 Å². The van der Waals surface area contributed by atoms with Crippen molar-refractivity contribution in [3.63, 3.8) is 0 Å². The second-order valence-corrected chi connectivity index (χ2v) is 5.05. The zero-order valence-corrected chi connectivity index (χ0v) is 11.2. The summed E-state index contributed by atoms with van der Waals surface area (Å²) >= 11 is 1.88. The van der Waals surface area contributed by atoms with Crippen LogP contribution < -0.4 is 0 Å². The molecular weight excluding hydrogens is 311 g/mol. The van der Waals surface area contributed by atoms with Gasteiger partial charge in [0.25, 0.3) is 0 Å². The van der Waals surface area contributed by atoms with Crippen LogP contribution in [0.4, 0.5) is 0 Å². The summed E-state index contributed by atoms with van der Waals surface area (Å²) < 4.78 is 16.3. The van der Waals surface area contributed by atoms with Gasteiger partial charge in [0.1, 0.15) is 28.6 Å². The lowest BCUT2D eigenvalue weighted by atomic mass is 9.54. The Bertz CT molecular complexity index is 246. The van der Waals surface area contributed by atoms with Crippen LogP contribution in [0.5, 0.6) is 0 Å². The average Bonchev–Trinajstić information content (AvgIpc) is 2.28. The molecule has 2 rings (SSSR count). The highest BCUT2D eigenvalue weighted by molar-refractivity contribution is 14.1. The molecule has 0 aromatic heterocycles. The predicted octanol–water partition coefficient (Wildman–Crippen LogP) is 1.50. The molecule has 0 amide bonds. The number of fused-ring (bicyclic) bond motifs is 1. The van der Waals surface area contributed by atoms with Crippen molar-refractivity contribution in [1.29, 1.82) is 0 Å². The zero-order chi connectivity index (χ0) is 11.1. The molecule has 88 valence electrons. The van der Waals surface area contributed by atoms with Gasteiger partial charge in [-0.1, -0.05) is 6.92 Å². The lowest BCUT2D eigenvalue weighted by Crippen LogP contribution is -2.77. The molecule has 4 nitrogen and oxygen atoms in total. The van der Waals surface area contributed by atoms with Crippen LogP contribution in [0.2, 0.25) is 0 Å². The standard InChI is InChI=1S/C10H17IO4/c1-7-9(6-15-11)8(4-3-5-14-9)10(7,12)13-2/h7-8,12H,3-6H2,1-2H3/t7-,8?,9?,10+/m1/s1. The monoisotopic (exact) mass is 328 g/mol. The van der Waals surface area contributed by atoms with Crippen molar-refractivity contribution >= 4 is 23.0 Å². The fourth-order valence-corrected chi connectivity index (χ4v) is 3.59. The highest BCUT2D eigenvalue weighted by Crippen LogP contribution is 2.58. The largest absolute Gasteiger partial charge is 0.372 e. The number of hydrogen-bond donors (Lipinski definition) is 1. The molecule has 4 atom stereocenters. The van der Waals surface area contributed by atoms with Crippen LogP contribution in [-0.4, -0.2) is 36.8 Å². The highest BCUT2D eigenvalue weighted by atomic mass is 127. The van der Waals surface area contributed by atoms with Crippen molar-refractivity contribution in [2.75, 3.05) is 20.3 Å². The molecule has 1 N–H and O–H groups in total. The summed E-state index contributed by atoms with van der Waals surface area (Å²) in [6, 6.07) is 0. The first-order chi connectivity index (χ1) is 7.12. The molecule has 0 aromatic rings. The van der Waals surface area contributed by atoms with E-state index in [1.54, 1.807) is 7.11 Å². The summed E-state index contributed by atoms with van der Waals surface area (Å²) in [7, 11) is 1.56. The van der Waals surface area contributed by atoms with Gasteiger partial charge in [0, 0.05) is 25.6 Å². The minimum Gasteiger partial charge on any atom is -0.372 e. The van der Waals surface area contributed by atoms with E-state index in [0.29, 0.717) is 6.61 Å². The van der Waals surface area contributed by atoms with Crippen LogP contribution in [0.25, 0.3) is 0 Å². The van der Waals surface area contributed by atoms with Gasteiger partial charge in [0.05, 0.1) is 6.61 Å². The fraction of sp³-hybridized carbons (Fsp3) is 1.00. The third-order valence-electron chi connectivity index (χ3n) is 4.06. The number of hydrogen-bond acceptors (Lipinski definition) is 4. The molecule has 15 heavy (non-hydrogen) atoms. The molecule has 1 aliphatic carbocycles. The van der Waals surface area contributed by atoms with E-state index in [2.05, 4.69) is 0 Å². The molecule has 0 radical (unpaired) electrons. The van der Waals surface area contributed by atoms with E-state index in [1.165, 1.54) is 0 Å². The topological polar surface area (TPSA) is 47.9 Å². The van der Waals surface area contributed by atoms with Crippen LogP contribution in [0.3, 0.4) is 0 Å². The van der Waals surface area contributed by atoms with Gasteiger partial charge in [0.15, 0.2) is 5.79 Å². The van der Waals surface area contributed by atoms with E-state index in [9.17, 15) is 5.11 Å². The van der Waals surface area contributed by atoms with Gasteiger partial charge in [-0.3, -0.25) is 0 Å². The van der Waals surface area contributed by atoms with Crippen molar-refractivity contribution < 1.29 is 17.6 Å². The molecule has 1 saturated carbocycles. The summed E-state index contributed by atoms with van der Waals surface area (Å²) in [6.07, 6.45) is 1.92. The lowest BCUT2D eigenvalue weighted by molar-refractivity contribution is -0.409. The predicted molar refractivity (Wildman–Crippen MR) is 62.5 cm³/mol. The number of rotatable bonds is 3. The van der Waals surface area contributed by atoms with E-state index >= 15 is 0 Å². The van der Waals surface area contributed by atoms with E-state index in [-0.39, 0.29) is 17.4 Å². The summed E-state index contributed by atoms with van der Waals surface area (Å²) in [5, 5.41) is 10.3. The second kappa shape index (κ2) is 4.10. The third-order valence-corrected chi connectivity index (χ3v) is 4.37. The van der Waals surface area contributed by atoms with Gasteiger partial charge in [-0.2, -0.15) is 0 Å². The minimum absolute atomic E-state index is 0.0357. The quantitative estimate of drug-likeness (QED) is 0.630. The molecule has 0 bridgehead atoms. The SMILES string of the molecule is CO[C@]1(O)C2CCCOC2(COI)[C@H]1C. The lowest BCUT2D eigenvalue weighted by Gasteiger charge is -2.64. The van der Waals surface area contributed by atoms with Gasteiger partial charge in [-0.05, 0) is 12.8 Å². The molecule has 1 aliphatic heterocycles. The smallest absolute Gasteiger partial charge is 0.176 e. The van der Waals surface area contributed by atoms with Crippen LogP contribution in [0.1, 0.15) is 19.8 Å². The average molecular weight is 328 g/mol. The first-order valence-electron chi connectivity index (χ1n) is 5.27. The molecule has 2 unspecified atom stereocenters. The summed E-state index contributed by atoms with van der Waals surface area (Å²) in [5.74, 6) is -1.04. The van der Waals surface area contributed by atoms with Crippen molar-refractivity contribution in [3.05, 3.63) is 0 Å². The number of halogens is 1. The second-order valence-electron chi connectivity index (χ2n) is 4.43. The summed E-state index contributed by atoms with van der Waals surface area (Å²) in [5.41, 5.74) is -0.343. The Labute approximate surface area is 104 Å². The Morgan fingerprint density at radius 3 is 2.93 bits per heavy atom. The maximum atomic E-state index is 10.3. The number of ether oxygens (including phenoxy) is 2. The molecule has 0 spiro atoms. The molecule has 5 heteroatoms. The Kier molecular flexibility index (Phi) is 3.29. The van der Waals surface area contributed by atoms with E-state index < -0.39 is 5.79 Å². The van der Waals surface area contributed by atoms with Crippen LogP contribution in [0, 0.1) is 11.8 Å². The van der Waals surface area contributed by atoms with Gasteiger partial charge in [-0.15, -0.1) is 0 Å². The maximum Gasteiger partial charge on any atom is 0.176 e. The number of aliphatic hydroxyl groups is 1. The molecule has 2 aliphatic rings. The first kappa shape index (κ1) is 12.0. The van der Waals surface area contributed by atoms with Gasteiger partial charge >= 0.3 is 0 Å². The molecule has 1 heterocycles. The van der Waals surface area contributed by atoms with E-state index in [1.807, 2.05) is 29.9 Å². The molecule has 0 aromatic carbocycles. The van der Waals surface area contributed by atoms with Crippen molar-refractivity contribution in [2.24, 2.45) is 11.8 Å². The summed E-state index contributed by atoms with van der Waals surface area (Å²) in [6.45, 7) is 3.23. The molecular formula is C10H17IO4. The zero-order valence-electron chi connectivity index (χ0n) is 9.03.